The fourth-order valence-corrected chi connectivity index (χ4v) is 3.83. The van der Waals surface area contributed by atoms with Crippen molar-refractivity contribution >= 4 is 28.2 Å². The van der Waals surface area contributed by atoms with Crippen molar-refractivity contribution in [1.82, 2.24) is 4.98 Å². The lowest BCUT2D eigenvalue weighted by atomic mass is 10.1. The van der Waals surface area contributed by atoms with Crippen LogP contribution in [0.15, 0.2) is 54.7 Å². The molecule has 1 saturated heterocycles. The number of aromatic nitrogens is 1. The Kier molecular flexibility index (Phi) is 5.32. The molecule has 4 nitrogen and oxygen atoms in total. The van der Waals surface area contributed by atoms with Crippen LogP contribution in [-0.2, 0) is 0 Å². The van der Waals surface area contributed by atoms with Gasteiger partial charge in [-0.2, -0.15) is 0 Å². The number of benzene rings is 2. The van der Waals surface area contributed by atoms with Gasteiger partial charge >= 0.3 is 0 Å². The summed E-state index contributed by atoms with van der Waals surface area (Å²) in [7, 11) is 0. The first-order valence-electron chi connectivity index (χ1n) is 9.32. The monoisotopic (exact) mass is 370 g/mol. The van der Waals surface area contributed by atoms with Crippen molar-refractivity contribution in [2.45, 2.75) is 6.42 Å². The molecular formula is C21H25ClN3O+. The van der Waals surface area contributed by atoms with Gasteiger partial charge in [0.1, 0.15) is 5.75 Å². The number of nitrogens with zero attached hydrogens (tertiary/aromatic N) is 1. The maximum absolute atomic E-state index is 5.89. The first kappa shape index (κ1) is 17.3. The van der Waals surface area contributed by atoms with Crippen LogP contribution in [-0.4, -0.2) is 44.3 Å². The van der Waals surface area contributed by atoms with E-state index in [0.29, 0.717) is 0 Å². The summed E-state index contributed by atoms with van der Waals surface area (Å²) < 4.78 is 5.80. The highest BCUT2D eigenvalue weighted by Gasteiger charge is 2.21. The minimum atomic E-state index is 0.745. The van der Waals surface area contributed by atoms with E-state index in [4.69, 9.17) is 16.3 Å². The Balaban J connectivity index is 1.22. The SMILES string of the molecule is Clc1ccc(OCCC[NH+]2CCN(c3cccc4[nH]ccc34)CC2)cc1. The highest BCUT2D eigenvalue weighted by molar-refractivity contribution is 6.30. The van der Waals surface area contributed by atoms with E-state index in [2.05, 4.69) is 34.1 Å². The largest absolute Gasteiger partial charge is 0.493 e. The molecule has 2 heterocycles. The van der Waals surface area contributed by atoms with Gasteiger partial charge in [-0.05, 0) is 42.5 Å². The number of nitrogens with one attached hydrogen (secondary N) is 2. The predicted octanol–water partition coefficient (Wildman–Crippen LogP) is 3.00. The van der Waals surface area contributed by atoms with Gasteiger partial charge in [0.05, 0.1) is 39.3 Å². The summed E-state index contributed by atoms with van der Waals surface area (Å²) in [6.45, 7) is 6.51. The van der Waals surface area contributed by atoms with Gasteiger partial charge in [-0.25, -0.2) is 0 Å². The number of piperazine rings is 1. The molecule has 0 aliphatic carbocycles. The Labute approximate surface area is 159 Å². The Hall–Kier alpha value is -2.17. The molecule has 2 aromatic carbocycles. The highest BCUT2D eigenvalue weighted by Crippen LogP contribution is 2.25. The Morgan fingerprint density at radius 1 is 1.04 bits per heavy atom. The van der Waals surface area contributed by atoms with Crippen molar-refractivity contribution in [1.29, 1.82) is 0 Å². The van der Waals surface area contributed by atoms with Crippen molar-refractivity contribution in [3.05, 3.63) is 59.8 Å². The third-order valence-corrected chi connectivity index (χ3v) is 5.39. The number of fused-ring (bicyclic) bond motifs is 1. The van der Waals surface area contributed by atoms with Crippen molar-refractivity contribution < 1.29 is 9.64 Å². The number of aromatic amines is 1. The van der Waals surface area contributed by atoms with E-state index in [1.807, 2.05) is 30.5 Å². The average molecular weight is 371 g/mol. The van der Waals surface area contributed by atoms with E-state index in [1.165, 1.54) is 29.7 Å². The molecule has 136 valence electrons. The lowest BCUT2D eigenvalue weighted by Crippen LogP contribution is -3.14. The molecule has 0 radical (unpaired) electrons. The number of rotatable bonds is 6. The second kappa shape index (κ2) is 8.02. The number of H-pyrrole nitrogens is 1. The van der Waals surface area contributed by atoms with Gasteiger partial charge in [-0.1, -0.05) is 17.7 Å². The molecule has 0 bridgehead atoms. The second-order valence-corrected chi connectivity index (χ2v) is 7.30. The normalized spacial score (nSPS) is 15.5. The van der Waals surface area contributed by atoms with Crippen LogP contribution >= 0.6 is 11.6 Å². The van der Waals surface area contributed by atoms with E-state index in [1.54, 1.807) is 4.90 Å². The number of halogens is 1. The van der Waals surface area contributed by atoms with Crippen molar-refractivity contribution in [3.8, 4) is 5.75 Å². The van der Waals surface area contributed by atoms with Gasteiger partial charge in [-0.15, -0.1) is 0 Å². The number of quaternary nitrogens is 1. The minimum absolute atomic E-state index is 0.745. The van der Waals surface area contributed by atoms with E-state index in [-0.39, 0.29) is 0 Å². The molecular weight excluding hydrogens is 346 g/mol. The minimum Gasteiger partial charge on any atom is -0.493 e. The van der Waals surface area contributed by atoms with Crippen LogP contribution in [0.1, 0.15) is 6.42 Å². The van der Waals surface area contributed by atoms with Gasteiger partial charge in [0.15, 0.2) is 0 Å². The lowest BCUT2D eigenvalue weighted by Gasteiger charge is -2.34. The first-order valence-corrected chi connectivity index (χ1v) is 9.70. The summed E-state index contributed by atoms with van der Waals surface area (Å²) >= 11 is 5.89. The fourth-order valence-electron chi connectivity index (χ4n) is 3.70. The van der Waals surface area contributed by atoms with E-state index >= 15 is 0 Å². The molecule has 4 rings (SSSR count). The molecule has 0 amide bonds. The molecule has 2 N–H and O–H groups in total. The summed E-state index contributed by atoms with van der Waals surface area (Å²) in [5, 5.41) is 2.07. The van der Waals surface area contributed by atoms with Crippen LogP contribution in [0.25, 0.3) is 10.9 Å². The first-order chi connectivity index (χ1) is 12.8. The van der Waals surface area contributed by atoms with Crippen LogP contribution in [0.5, 0.6) is 5.75 Å². The predicted molar refractivity (Wildman–Crippen MR) is 108 cm³/mol. The van der Waals surface area contributed by atoms with E-state index in [0.717, 1.165) is 43.4 Å². The molecule has 0 atom stereocenters. The Morgan fingerprint density at radius 2 is 1.85 bits per heavy atom. The van der Waals surface area contributed by atoms with Gasteiger partial charge in [0, 0.05) is 34.2 Å². The van der Waals surface area contributed by atoms with Gasteiger partial charge in [0.2, 0.25) is 0 Å². The smallest absolute Gasteiger partial charge is 0.119 e. The van der Waals surface area contributed by atoms with Crippen LogP contribution in [0, 0.1) is 0 Å². The Bertz CT molecular complexity index is 838. The van der Waals surface area contributed by atoms with Crippen molar-refractivity contribution in [2.75, 3.05) is 44.2 Å². The number of anilines is 1. The summed E-state index contributed by atoms with van der Waals surface area (Å²) in [4.78, 5) is 7.49. The standard InChI is InChI=1S/C21H24ClN3O/c22-17-5-7-18(8-6-17)26-16-2-11-24-12-14-25(15-13-24)21-4-1-3-20-19(21)9-10-23-20/h1,3-10,23H,2,11-16H2/p+1. The second-order valence-electron chi connectivity index (χ2n) is 6.86. The molecule has 1 aliphatic heterocycles. The number of hydrogen-bond acceptors (Lipinski definition) is 2. The van der Waals surface area contributed by atoms with E-state index in [9.17, 15) is 0 Å². The maximum Gasteiger partial charge on any atom is 0.119 e. The molecule has 26 heavy (non-hydrogen) atoms. The van der Waals surface area contributed by atoms with Crippen molar-refractivity contribution in [2.24, 2.45) is 0 Å². The number of ether oxygens (including phenoxy) is 1. The fraction of sp³-hybridized carbons (Fsp3) is 0.333. The molecule has 0 spiro atoms. The topological polar surface area (TPSA) is 32.7 Å². The Morgan fingerprint density at radius 3 is 2.65 bits per heavy atom. The zero-order valence-electron chi connectivity index (χ0n) is 14.9. The third-order valence-electron chi connectivity index (χ3n) is 5.14. The van der Waals surface area contributed by atoms with Crippen LogP contribution < -0.4 is 14.5 Å². The molecule has 0 saturated carbocycles. The van der Waals surface area contributed by atoms with Crippen LogP contribution in [0.3, 0.4) is 0 Å². The summed E-state index contributed by atoms with van der Waals surface area (Å²) in [5.74, 6) is 0.897. The molecule has 0 unspecified atom stereocenters. The average Bonchev–Trinajstić information content (AvgIpc) is 3.16. The highest BCUT2D eigenvalue weighted by atomic mass is 35.5. The van der Waals surface area contributed by atoms with Crippen molar-refractivity contribution in [3.63, 3.8) is 0 Å². The maximum atomic E-state index is 5.89. The third kappa shape index (κ3) is 3.97. The summed E-state index contributed by atoms with van der Waals surface area (Å²) in [6, 6.07) is 16.3. The molecule has 3 aromatic rings. The van der Waals surface area contributed by atoms with Crippen LogP contribution in [0.4, 0.5) is 5.69 Å². The number of hydrogen-bond donors (Lipinski definition) is 2. The summed E-state index contributed by atoms with van der Waals surface area (Å²) in [5.41, 5.74) is 2.57. The van der Waals surface area contributed by atoms with Gasteiger partial charge < -0.3 is 19.5 Å². The van der Waals surface area contributed by atoms with Crippen LogP contribution in [0.2, 0.25) is 5.02 Å². The molecule has 5 heteroatoms. The molecule has 1 fully saturated rings. The zero-order chi connectivity index (χ0) is 17.8. The molecule has 1 aliphatic rings. The zero-order valence-corrected chi connectivity index (χ0v) is 15.6. The molecule has 1 aromatic heterocycles. The van der Waals surface area contributed by atoms with Gasteiger partial charge in [0.25, 0.3) is 0 Å². The van der Waals surface area contributed by atoms with Gasteiger partial charge in [-0.3, -0.25) is 0 Å². The summed E-state index contributed by atoms with van der Waals surface area (Å²) in [6.07, 6.45) is 3.10. The lowest BCUT2D eigenvalue weighted by molar-refractivity contribution is -0.900. The quantitative estimate of drug-likeness (QED) is 0.654. The van der Waals surface area contributed by atoms with E-state index < -0.39 is 0 Å².